The van der Waals surface area contributed by atoms with Crippen molar-refractivity contribution in [3.8, 4) is 0 Å². The molecular weight excluding hydrogens is 214 g/mol. The van der Waals surface area contributed by atoms with Crippen LogP contribution in [0.15, 0.2) is 54.9 Å². The van der Waals surface area contributed by atoms with E-state index in [4.69, 9.17) is 4.74 Å². The predicted octanol–water partition coefficient (Wildman–Crippen LogP) is 2.65. The molecule has 3 heteroatoms. The Hall–Kier alpha value is -2.00. The molecule has 0 bridgehead atoms. The summed E-state index contributed by atoms with van der Waals surface area (Å²) in [6, 6.07) is 12.9. The fourth-order valence-electron chi connectivity index (χ4n) is 1.68. The average molecular weight is 227 g/mol. The lowest BCUT2D eigenvalue weighted by Gasteiger charge is -2.14. The van der Waals surface area contributed by atoms with Crippen LogP contribution in [0.1, 0.15) is 22.0 Å². The summed E-state index contributed by atoms with van der Waals surface area (Å²) < 4.78 is 5.28. The number of aromatic nitrogens is 1. The third kappa shape index (κ3) is 2.57. The van der Waals surface area contributed by atoms with E-state index in [2.05, 4.69) is 4.98 Å². The van der Waals surface area contributed by atoms with Crippen molar-refractivity contribution in [1.29, 1.82) is 0 Å². The number of benzene rings is 1. The van der Waals surface area contributed by atoms with Crippen molar-refractivity contribution < 1.29 is 9.53 Å². The summed E-state index contributed by atoms with van der Waals surface area (Å²) in [5.74, 6) is -0.0770. The lowest BCUT2D eigenvalue weighted by atomic mass is 10.0. The fraction of sp³-hybridized carbons (Fsp3) is 0.143. The molecule has 86 valence electrons. The van der Waals surface area contributed by atoms with Crippen LogP contribution in [0.2, 0.25) is 0 Å². The summed E-state index contributed by atoms with van der Waals surface area (Å²) in [6.45, 7) is 0. The number of carbonyl (C=O) groups excluding carboxylic acids is 1. The quantitative estimate of drug-likeness (QED) is 0.754. The van der Waals surface area contributed by atoms with Crippen molar-refractivity contribution in [3.05, 3.63) is 66.0 Å². The minimum absolute atomic E-state index is 0.0770. The summed E-state index contributed by atoms with van der Waals surface area (Å²) in [4.78, 5) is 16.2. The highest BCUT2D eigenvalue weighted by Gasteiger charge is 2.21. The van der Waals surface area contributed by atoms with Crippen LogP contribution in [0.4, 0.5) is 0 Å². The Balaban J connectivity index is 2.29. The van der Waals surface area contributed by atoms with Crippen LogP contribution in [-0.2, 0) is 4.74 Å². The highest BCUT2D eigenvalue weighted by atomic mass is 16.5. The number of ether oxygens (including phenoxy) is 1. The normalized spacial score (nSPS) is 12.1. The Bertz CT molecular complexity index is 482. The zero-order chi connectivity index (χ0) is 12.1. The SMILES string of the molecule is COC(C(=O)c1cccnc1)c1ccccc1. The lowest BCUT2D eigenvalue weighted by molar-refractivity contribution is 0.0604. The first kappa shape index (κ1) is 11.5. The maximum absolute atomic E-state index is 12.2. The second-order valence-electron chi connectivity index (χ2n) is 3.63. The van der Waals surface area contributed by atoms with Gasteiger partial charge < -0.3 is 4.74 Å². The first-order valence-electron chi connectivity index (χ1n) is 5.35. The molecule has 0 radical (unpaired) electrons. The first-order chi connectivity index (χ1) is 8.33. The van der Waals surface area contributed by atoms with E-state index >= 15 is 0 Å². The monoisotopic (exact) mass is 227 g/mol. The topological polar surface area (TPSA) is 39.2 Å². The number of carbonyl (C=O) groups is 1. The first-order valence-corrected chi connectivity index (χ1v) is 5.35. The van der Waals surface area contributed by atoms with Crippen molar-refractivity contribution >= 4 is 5.78 Å². The van der Waals surface area contributed by atoms with E-state index in [0.29, 0.717) is 5.56 Å². The van der Waals surface area contributed by atoms with Crippen molar-refractivity contribution in [2.75, 3.05) is 7.11 Å². The predicted molar refractivity (Wildman–Crippen MR) is 64.8 cm³/mol. The number of pyridine rings is 1. The van der Waals surface area contributed by atoms with Gasteiger partial charge in [-0.1, -0.05) is 30.3 Å². The van der Waals surface area contributed by atoms with Gasteiger partial charge in [0, 0.05) is 25.1 Å². The second-order valence-corrected chi connectivity index (χ2v) is 3.63. The van der Waals surface area contributed by atoms with Crippen molar-refractivity contribution in [2.24, 2.45) is 0 Å². The van der Waals surface area contributed by atoms with Crippen LogP contribution >= 0.6 is 0 Å². The van der Waals surface area contributed by atoms with Crippen molar-refractivity contribution in [3.63, 3.8) is 0 Å². The molecule has 0 aliphatic rings. The Morgan fingerprint density at radius 2 is 1.94 bits per heavy atom. The Morgan fingerprint density at radius 3 is 2.53 bits per heavy atom. The molecule has 1 unspecified atom stereocenters. The van der Waals surface area contributed by atoms with Crippen LogP contribution < -0.4 is 0 Å². The molecule has 1 aromatic heterocycles. The van der Waals surface area contributed by atoms with Gasteiger partial charge in [0.25, 0.3) is 0 Å². The van der Waals surface area contributed by atoms with E-state index in [9.17, 15) is 4.79 Å². The average Bonchev–Trinajstić information content (AvgIpc) is 2.42. The maximum Gasteiger partial charge on any atom is 0.197 e. The molecule has 0 amide bonds. The van der Waals surface area contributed by atoms with Crippen LogP contribution in [-0.4, -0.2) is 17.9 Å². The van der Waals surface area contributed by atoms with E-state index in [1.54, 1.807) is 24.5 Å². The second kappa shape index (κ2) is 5.37. The summed E-state index contributed by atoms with van der Waals surface area (Å²) in [6.07, 6.45) is 2.62. The smallest absolute Gasteiger partial charge is 0.197 e. The van der Waals surface area contributed by atoms with E-state index in [1.807, 2.05) is 30.3 Å². The molecule has 0 saturated carbocycles. The number of hydrogen-bond donors (Lipinski definition) is 0. The maximum atomic E-state index is 12.2. The minimum Gasteiger partial charge on any atom is -0.369 e. The molecule has 1 heterocycles. The molecule has 0 aliphatic heterocycles. The molecule has 1 aromatic carbocycles. The van der Waals surface area contributed by atoms with E-state index in [0.717, 1.165) is 5.56 Å². The Labute approximate surface area is 100 Å². The summed E-state index contributed by atoms with van der Waals surface area (Å²) >= 11 is 0. The molecular formula is C14H13NO2. The highest BCUT2D eigenvalue weighted by molar-refractivity contribution is 5.99. The van der Waals surface area contributed by atoms with E-state index < -0.39 is 6.10 Å². The van der Waals surface area contributed by atoms with Gasteiger partial charge in [0.15, 0.2) is 5.78 Å². The van der Waals surface area contributed by atoms with Gasteiger partial charge in [-0.15, -0.1) is 0 Å². The summed E-state index contributed by atoms with van der Waals surface area (Å²) in [7, 11) is 1.53. The largest absolute Gasteiger partial charge is 0.369 e. The summed E-state index contributed by atoms with van der Waals surface area (Å²) in [5.41, 5.74) is 1.41. The van der Waals surface area contributed by atoms with E-state index in [-0.39, 0.29) is 5.78 Å². The van der Waals surface area contributed by atoms with Crippen LogP contribution in [0.3, 0.4) is 0 Å². The van der Waals surface area contributed by atoms with Crippen LogP contribution in [0.5, 0.6) is 0 Å². The Morgan fingerprint density at radius 1 is 1.18 bits per heavy atom. The zero-order valence-electron chi connectivity index (χ0n) is 9.54. The molecule has 0 aliphatic carbocycles. The van der Waals surface area contributed by atoms with Gasteiger partial charge >= 0.3 is 0 Å². The molecule has 17 heavy (non-hydrogen) atoms. The fourth-order valence-corrected chi connectivity index (χ4v) is 1.68. The number of nitrogens with zero attached hydrogens (tertiary/aromatic N) is 1. The molecule has 2 rings (SSSR count). The van der Waals surface area contributed by atoms with Crippen molar-refractivity contribution in [2.45, 2.75) is 6.10 Å². The number of hydrogen-bond acceptors (Lipinski definition) is 3. The van der Waals surface area contributed by atoms with Crippen molar-refractivity contribution in [1.82, 2.24) is 4.98 Å². The molecule has 3 nitrogen and oxygen atoms in total. The highest BCUT2D eigenvalue weighted by Crippen LogP contribution is 2.20. The number of rotatable bonds is 4. The van der Waals surface area contributed by atoms with Gasteiger partial charge in [-0.05, 0) is 17.7 Å². The molecule has 0 spiro atoms. The molecule has 2 aromatic rings. The lowest BCUT2D eigenvalue weighted by Crippen LogP contribution is -2.14. The Kier molecular flexibility index (Phi) is 3.62. The molecule has 0 N–H and O–H groups in total. The van der Waals surface area contributed by atoms with Gasteiger partial charge in [0.1, 0.15) is 6.10 Å². The molecule has 0 saturated heterocycles. The zero-order valence-corrected chi connectivity index (χ0v) is 9.54. The van der Waals surface area contributed by atoms with Crippen LogP contribution in [0.25, 0.3) is 0 Å². The van der Waals surface area contributed by atoms with Crippen LogP contribution in [0, 0.1) is 0 Å². The standard InChI is InChI=1S/C14H13NO2/c1-17-14(11-6-3-2-4-7-11)13(16)12-8-5-9-15-10-12/h2-10,14H,1H3. The van der Waals surface area contributed by atoms with Gasteiger partial charge in [-0.2, -0.15) is 0 Å². The van der Waals surface area contributed by atoms with Gasteiger partial charge in [0.05, 0.1) is 0 Å². The van der Waals surface area contributed by atoms with E-state index in [1.165, 1.54) is 7.11 Å². The third-order valence-corrected chi connectivity index (χ3v) is 2.52. The van der Waals surface area contributed by atoms with Gasteiger partial charge in [0.2, 0.25) is 0 Å². The van der Waals surface area contributed by atoms with Gasteiger partial charge in [-0.25, -0.2) is 0 Å². The number of ketones is 1. The number of methoxy groups -OCH3 is 1. The van der Waals surface area contributed by atoms with Gasteiger partial charge in [-0.3, -0.25) is 9.78 Å². The molecule has 1 atom stereocenters. The minimum atomic E-state index is -0.569. The third-order valence-electron chi connectivity index (χ3n) is 2.52. The number of Topliss-reactive ketones (excluding diaryl/α,β-unsaturated/α-hetero) is 1. The summed E-state index contributed by atoms with van der Waals surface area (Å²) in [5, 5.41) is 0. The molecule has 0 fully saturated rings.